The molecule has 24 heavy (non-hydrogen) atoms. The predicted molar refractivity (Wildman–Crippen MR) is 89.4 cm³/mol. The van der Waals surface area contributed by atoms with Gasteiger partial charge < -0.3 is 14.8 Å². The lowest BCUT2D eigenvalue weighted by atomic mass is 10.1. The van der Waals surface area contributed by atoms with Crippen LogP contribution >= 0.6 is 11.3 Å². The largest absolute Gasteiger partial charge is 0.376 e. The zero-order valence-electron chi connectivity index (χ0n) is 13.3. The summed E-state index contributed by atoms with van der Waals surface area (Å²) in [5.41, 5.74) is 1.53. The Labute approximate surface area is 144 Å². The normalized spacial score (nSPS) is 17.6. The maximum Gasteiger partial charge on any atom is 0.246 e. The summed E-state index contributed by atoms with van der Waals surface area (Å²) in [5.74, 6) is -0.153. The summed E-state index contributed by atoms with van der Waals surface area (Å²) in [6.07, 6.45) is 8.33. The van der Waals surface area contributed by atoms with Gasteiger partial charge in [0.15, 0.2) is 0 Å². The molecule has 0 aromatic carbocycles. The molecule has 1 saturated heterocycles. The average molecular weight is 348 g/mol. The first-order valence-corrected chi connectivity index (χ1v) is 8.86. The summed E-state index contributed by atoms with van der Waals surface area (Å²) in [6.45, 7) is 1.68. The van der Waals surface area contributed by atoms with E-state index in [0.29, 0.717) is 13.2 Å². The molecule has 1 aliphatic heterocycles. The van der Waals surface area contributed by atoms with Crippen LogP contribution in [-0.4, -0.2) is 46.8 Å². The number of aromatic nitrogens is 3. The van der Waals surface area contributed by atoms with E-state index in [1.807, 2.05) is 5.38 Å². The highest BCUT2D eigenvalue weighted by atomic mass is 32.1. The predicted octanol–water partition coefficient (Wildman–Crippen LogP) is 1.80. The van der Waals surface area contributed by atoms with Crippen LogP contribution in [-0.2, 0) is 20.8 Å². The smallest absolute Gasteiger partial charge is 0.246 e. The molecule has 128 valence electrons. The molecule has 2 aromatic rings. The van der Waals surface area contributed by atoms with Crippen LogP contribution in [0.25, 0.3) is 10.7 Å². The van der Waals surface area contributed by atoms with Crippen LogP contribution < -0.4 is 5.32 Å². The van der Waals surface area contributed by atoms with Gasteiger partial charge in [0, 0.05) is 24.4 Å². The molecule has 7 nitrogen and oxygen atoms in total. The molecule has 0 saturated carbocycles. The molecule has 0 radical (unpaired) electrons. The van der Waals surface area contributed by atoms with Crippen LogP contribution in [0.3, 0.4) is 0 Å². The molecule has 1 atom stereocenters. The van der Waals surface area contributed by atoms with E-state index < -0.39 is 0 Å². The van der Waals surface area contributed by atoms with Gasteiger partial charge in [0.05, 0.1) is 31.1 Å². The molecule has 0 spiro atoms. The summed E-state index contributed by atoms with van der Waals surface area (Å²) >= 11 is 1.48. The fraction of sp³-hybridized carbons (Fsp3) is 0.500. The zero-order valence-corrected chi connectivity index (χ0v) is 14.1. The van der Waals surface area contributed by atoms with Crippen molar-refractivity contribution in [3.8, 4) is 10.7 Å². The number of hydrogen-bond donors (Lipinski definition) is 1. The molecule has 0 bridgehead atoms. The Morgan fingerprint density at radius 2 is 2.38 bits per heavy atom. The van der Waals surface area contributed by atoms with Crippen molar-refractivity contribution < 1.29 is 14.3 Å². The van der Waals surface area contributed by atoms with E-state index in [-0.39, 0.29) is 18.6 Å². The number of thiazole rings is 1. The Kier molecular flexibility index (Phi) is 6.22. The van der Waals surface area contributed by atoms with Gasteiger partial charge in [-0.2, -0.15) is 0 Å². The number of carbonyl (C=O) groups is 1. The van der Waals surface area contributed by atoms with Gasteiger partial charge >= 0.3 is 0 Å². The van der Waals surface area contributed by atoms with Crippen LogP contribution in [0, 0.1) is 0 Å². The van der Waals surface area contributed by atoms with Crippen LogP contribution in [0.1, 0.15) is 25.0 Å². The highest BCUT2D eigenvalue weighted by Gasteiger charge is 2.14. The van der Waals surface area contributed by atoms with E-state index in [0.717, 1.165) is 42.3 Å². The first-order chi connectivity index (χ1) is 11.8. The Morgan fingerprint density at radius 1 is 1.42 bits per heavy atom. The van der Waals surface area contributed by atoms with Gasteiger partial charge in [0.2, 0.25) is 5.91 Å². The topological polar surface area (TPSA) is 86.2 Å². The molecule has 1 aliphatic rings. The number of nitrogens with zero attached hydrogens (tertiary/aromatic N) is 3. The Hall–Kier alpha value is -1.90. The number of hydrogen-bond acceptors (Lipinski definition) is 7. The summed E-state index contributed by atoms with van der Waals surface area (Å²) in [4.78, 5) is 24.5. The molecule has 3 rings (SSSR count). The number of carbonyl (C=O) groups excluding carboxylic acids is 1. The van der Waals surface area contributed by atoms with E-state index in [9.17, 15) is 4.79 Å². The van der Waals surface area contributed by atoms with E-state index in [4.69, 9.17) is 9.47 Å². The summed E-state index contributed by atoms with van der Waals surface area (Å²) < 4.78 is 11.0. The van der Waals surface area contributed by atoms with Crippen molar-refractivity contribution in [1.82, 2.24) is 20.3 Å². The average Bonchev–Trinajstić information content (AvgIpc) is 3.11. The van der Waals surface area contributed by atoms with E-state index in [1.54, 1.807) is 18.6 Å². The molecule has 0 aliphatic carbocycles. The van der Waals surface area contributed by atoms with Crippen LogP contribution in [0.4, 0.5) is 0 Å². The van der Waals surface area contributed by atoms with Crippen LogP contribution in [0.2, 0.25) is 0 Å². The van der Waals surface area contributed by atoms with E-state index in [2.05, 4.69) is 20.3 Å². The van der Waals surface area contributed by atoms with Crippen LogP contribution in [0.15, 0.2) is 24.0 Å². The van der Waals surface area contributed by atoms with E-state index in [1.165, 1.54) is 11.3 Å². The van der Waals surface area contributed by atoms with Crippen molar-refractivity contribution in [2.75, 3.05) is 19.8 Å². The van der Waals surface area contributed by atoms with Gasteiger partial charge in [-0.05, 0) is 19.3 Å². The standard InChI is InChI=1S/C16H20N4O3S/c21-15(10-22-9-13-3-1-2-6-23-13)19-7-12-11-24-16(20-12)14-8-17-4-5-18-14/h4-5,8,11,13H,1-3,6-7,9-10H2,(H,19,21)/t13-/m0/s1. The molecule has 8 heteroatoms. The lowest BCUT2D eigenvalue weighted by Crippen LogP contribution is -2.30. The fourth-order valence-corrected chi connectivity index (χ4v) is 3.16. The third-order valence-electron chi connectivity index (χ3n) is 3.61. The monoisotopic (exact) mass is 348 g/mol. The number of rotatable bonds is 7. The lowest BCUT2D eigenvalue weighted by Gasteiger charge is -2.22. The highest BCUT2D eigenvalue weighted by Crippen LogP contribution is 2.20. The van der Waals surface area contributed by atoms with Gasteiger partial charge in [0.1, 0.15) is 17.3 Å². The van der Waals surface area contributed by atoms with Crippen molar-refractivity contribution >= 4 is 17.2 Å². The molecule has 3 heterocycles. The van der Waals surface area contributed by atoms with Gasteiger partial charge in [-0.1, -0.05) is 0 Å². The number of amides is 1. The van der Waals surface area contributed by atoms with Gasteiger partial charge in [-0.25, -0.2) is 4.98 Å². The minimum atomic E-state index is -0.153. The Balaban J connectivity index is 1.38. The minimum Gasteiger partial charge on any atom is -0.376 e. The van der Waals surface area contributed by atoms with Gasteiger partial charge in [-0.15, -0.1) is 11.3 Å². The van der Waals surface area contributed by atoms with Crippen molar-refractivity contribution in [3.05, 3.63) is 29.7 Å². The van der Waals surface area contributed by atoms with Crippen molar-refractivity contribution in [2.45, 2.75) is 31.9 Å². The van der Waals surface area contributed by atoms with Crippen molar-refractivity contribution in [1.29, 1.82) is 0 Å². The second-order valence-corrected chi connectivity index (χ2v) is 6.37. The van der Waals surface area contributed by atoms with Crippen molar-refractivity contribution in [3.63, 3.8) is 0 Å². The quantitative estimate of drug-likeness (QED) is 0.821. The molecule has 1 fully saturated rings. The maximum atomic E-state index is 11.8. The molecular weight excluding hydrogens is 328 g/mol. The third-order valence-corrected chi connectivity index (χ3v) is 4.53. The second-order valence-electron chi connectivity index (χ2n) is 5.52. The second kappa shape index (κ2) is 8.81. The molecule has 0 unspecified atom stereocenters. The number of nitrogens with one attached hydrogen (secondary N) is 1. The first kappa shape index (κ1) is 16.9. The maximum absolute atomic E-state index is 11.8. The summed E-state index contributed by atoms with van der Waals surface area (Å²) in [5, 5.41) is 5.50. The first-order valence-electron chi connectivity index (χ1n) is 7.98. The summed E-state index contributed by atoms with van der Waals surface area (Å²) in [7, 11) is 0. The number of ether oxygens (including phenoxy) is 2. The molecular formula is C16H20N4O3S. The lowest BCUT2D eigenvalue weighted by molar-refractivity contribution is -0.128. The molecule has 1 N–H and O–H groups in total. The summed E-state index contributed by atoms with van der Waals surface area (Å²) in [6, 6.07) is 0. The van der Waals surface area contributed by atoms with Crippen LogP contribution in [0.5, 0.6) is 0 Å². The SMILES string of the molecule is O=C(COC[C@@H]1CCCCO1)NCc1csc(-c2cnccn2)n1. The Morgan fingerprint density at radius 3 is 3.17 bits per heavy atom. The highest BCUT2D eigenvalue weighted by molar-refractivity contribution is 7.13. The molecule has 1 amide bonds. The fourth-order valence-electron chi connectivity index (χ4n) is 2.38. The minimum absolute atomic E-state index is 0.0427. The Bertz CT molecular complexity index is 644. The zero-order chi connectivity index (χ0) is 16.6. The molecule has 2 aromatic heterocycles. The van der Waals surface area contributed by atoms with Gasteiger partial charge in [-0.3, -0.25) is 14.8 Å². The van der Waals surface area contributed by atoms with Gasteiger partial charge in [0.25, 0.3) is 0 Å². The van der Waals surface area contributed by atoms with E-state index >= 15 is 0 Å². The third kappa shape index (κ3) is 5.05. The van der Waals surface area contributed by atoms with Crippen molar-refractivity contribution in [2.24, 2.45) is 0 Å².